The fourth-order valence-corrected chi connectivity index (χ4v) is 5.69. The normalized spacial score (nSPS) is 34.2. The molecular formula is C20H22N4O4. The third-order valence-corrected chi connectivity index (χ3v) is 6.77. The van der Waals surface area contributed by atoms with Crippen molar-refractivity contribution in [2.45, 2.75) is 49.7 Å². The molecule has 1 aromatic carbocycles. The Labute approximate surface area is 161 Å². The Morgan fingerprint density at radius 2 is 1.86 bits per heavy atom. The second kappa shape index (κ2) is 5.88. The molecule has 8 nitrogen and oxygen atoms in total. The maximum Gasteiger partial charge on any atom is 0.250 e. The molecule has 1 spiro atoms. The Morgan fingerprint density at radius 3 is 2.57 bits per heavy atom. The lowest BCUT2D eigenvalue weighted by Crippen LogP contribution is -2.54. The van der Waals surface area contributed by atoms with E-state index >= 15 is 0 Å². The summed E-state index contributed by atoms with van der Waals surface area (Å²) >= 11 is 0. The first-order valence-corrected chi connectivity index (χ1v) is 9.79. The van der Waals surface area contributed by atoms with Gasteiger partial charge in [-0.15, -0.1) is 0 Å². The number of benzene rings is 1. The van der Waals surface area contributed by atoms with Crippen LogP contribution in [0.5, 0.6) is 0 Å². The number of likely N-dealkylation sites (tertiary alicyclic amines) is 1. The summed E-state index contributed by atoms with van der Waals surface area (Å²) in [5, 5.41) is 6.03. The fraction of sp³-hybridized carbons (Fsp3) is 0.500. The SMILES string of the molecule is NC(=O)CC1NC2(C(=O)Nc3ccccc32)[C@@H]2C(=O)N(C3CCCC3)C(=O)[C@H]12. The predicted molar refractivity (Wildman–Crippen MR) is 98.6 cm³/mol. The van der Waals surface area contributed by atoms with E-state index in [0.29, 0.717) is 11.3 Å². The van der Waals surface area contributed by atoms with Gasteiger partial charge in [-0.3, -0.25) is 29.4 Å². The van der Waals surface area contributed by atoms with Gasteiger partial charge < -0.3 is 11.1 Å². The number of fused-ring (bicyclic) bond motifs is 4. The number of carbonyl (C=O) groups is 4. The zero-order chi connectivity index (χ0) is 19.6. The number of carbonyl (C=O) groups excluding carboxylic acids is 4. The smallest absolute Gasteiger partial charge is 0.250 e. The van der Waals surface area contributed by atoms with E-state index in [1.54, 1.807) is 24.3 Å². The number of nitrogens with zero attached hydrogens (tertiary/aromatic N) is 1. The van der Waals surface area contributed by atoms with E-state index in [1.807, 2.05) is 0 Å². The lowest BCUT2D eigenvalue weighted by atomic mass is 9.76. The van der Waals surface area contributed by atoms with Gasteiger partial charge in [0, 0.05) is 29.8 Å². The van der Waals surface area contributed by atoms with Crippen molar-refractivity contribution in [1.29, 1.82) is 0 Å². The van der Waals surface area contributed by atoms with Crippen molar-refractivity contribution in [2.75, 3.05) is 5.32 Å². The number of para-hydroxylation sites is 1. The van der Waals surface area contributed by atoms with Crippen molar-refractivity contribution < 1.29 is 19.2 Å². The molecule has 0 bridgehead atoms. The highest BCUT2D eigenvalue weighted by Crippen LogP contribution is 2.54. The van der Waals surface area contributed by atoms with Gasteiger partial charge in [-0.05, 0) is 18.9 Å². The molecule has 5 rings (SSSR count). The van der Waals surface area contributed by atoms with Crippen LogP contribution >= 0.6 is 0 Å². The van der Waals surface area contributed by atoms with Gasteiger partial charge in [0.2, 0.25) is 23.6 Å². The number of anilines is 1. The first-order chi connectivity index (χ1) is 13.4. The van der Waals surface area contributed by atoms with Crippen molar-refractivity contribution in [3.63, 3.8) is 0 Å². The molecule has 2 unspecified atom stereocenters. The molecule has 1 saturated carbocycles. The van der Waals surface area contributed by atoms with E-state index in [9.17, 15) is 19.2 Å². The van der Waals surface area contributed by atoms with E-state index in [0.717, 1.165) is 25.7 Å². The zero-order valence-electron chi connectivity index (χ0n) is 15.3. The first kappa shape index (κ1) is 17.4. The van der Waals surface area contributed by atoms with Gasteiger partial charge in [-0.1, -0.05) is 31.0 Å². The molecule has 0 aromatic heterocycles. The summed E-state index contributed by atoms with van der Waals surface area (Å²) in [7, 11) is 0. The van der Waals surface area contributed by atoms with Crippen LogP contribution in [0.15, 0.2) is 24.3 Å². The van der Waals surface area contributed by atoms with Crippen LogP contribution in [-0.4, -0.2) is 40.6 Å². The number of hydrogen-bond acceptors (Lipinski definition) is 5. The summed E-state index contributed by atoms with van der Waals surface area (Å²) in [4.78, 5) is 53.0. The summed E-state index contributed by atoms with van der Waals surface area (Å²) in [6, 6.07) is 6.40. The Kier molecular flexibility index (Phi) is 3.64. The third-order valence-electron chi connectivity index (χ3n) is 6.77. The largest absolute Gasteiger partial charge is 0.370 e. The van der Waals surface area contributed by atoms with Crippen LogP contribution in [0.3, 0.4) is 0 Å². The van der Waals surface area contributed by atoms with E-state index in [-0.39, 0.29) is 30.2 Å². The first-order valence-electron chi connectivity index (χ1n) is 9.79. The number of hydrogen-bond donors (Lipinski definition) is 3. The molecule has 28 heavy (non-hydrogen) atoms. The highest BCUT2D eigenvalue weighted by molar-refractivity contribution is 6.15. The summed E-state index contributed by atoms with van der Waals surface area (Å²) in [5.74, 6) is -3.15. The van der Waals surface area contributed by atoms with Crippen LogP contribution in [0.4, 0.5) is 5.69 Å². The molecule has 8 heteroatoms. The van der Waals surface area contributed by atoms with Crippen LogP contribution in [0.25, 0.3) is 0 Å². The molecule has 4 amide bonds. The Bertz CT molecular complexity index is 909. The highest BCUT2D eigenvalue weighted by atomic mass is 16.2. The molecule has 146 valence electrons. The minimum absolute atomic E-state index is 0.101. The predicted octanol–water partition coefficient (Wildman–Crippen LogP) is 0.225. The molecule has 3 aliphatic heterocycles. The molecule has 2 saturated heterocycles. The highest BCUT2D eigenvalue weighted by Gasteiger charge is 2.71. The van der Waals surface area contributed by atoms with Crippen molar-refractivity contribution in [3.8, 4) is 0 Å². The van der Waals surface area contributed by atoms with Gasteiger partial charge in [-0.25, -0.2) is 0 Å². The number of rotatable bonds is 3. The third kappa shape index (κ3) is 2.09. The van der Waals surface area contributed by atoms with Gasteiger partial charge in [0.05, 0.1) is 11.8 Å². The van der Waals surface area contributed by atoms with Crippen LogP contribution in [-0.2, 0) is 24.7 Å². The lowest BCUT2D eigenvalue weighted by molar-refractivity contribution is -0.145. The Balaban J connectivity index is 1.64. The van der Waals surface area contributed by atoms with Crippen molar-refractivity contribution in [2.24, 2.45) is 17.6 Å². The van der Waals surface area contributed by atoms with Gasteiger partial charge >= 0.3 is 0 Å². The number of primary amides is 1. The van der Waals surface area contributed by atoms with Crippen molar-refractivity contribution in [3.05, 3.63) is 29.8 Å². The molecule has 4 aliphatic rings. The maximum atomic E-state index is 13.5. The maximum absolute atomic E-state index is 13.5. The minimum Gasteiger partial charge on any atom is -0.370 e. The van der Waals surface area contributed by atoms with Gasteiger partial charge in [-0.2, -0.15) is 0 Å². The second-order valence-corrected chi connectivity index (χ2v) is 8.22. The van der Waals surface area contributed by atoms with Crippen LogP contribution in [0.2, 0.25) is 0 Å². The van der Waals surface area contributed by atoms with E-state index in [1.165, 1.54) is 4.90 Å². The number of amides is 4. The monoisotopic (exact) mass is 382 g/mol. The molecular weight excluding hydrogens is 360 g/mol. The van der Waals surface area contributed by atoms with E-state index < -0.39 is 29.3 Å². The van der Waals surface area contributed by atoms with Gasteiger partial charge in [0.15, 0.2) is 0 Å². The van der Waals surface area contributed by atoms with Gasteiger partial charge in [0.1, 0.15) is 5.54 Å². The van der Waals surface area contributed by atoms with E-state index in [2.05, 4.69) is 10.6 Å². The molecule has 1 aliphatic carbocycles. The topological polar surface area (TPSA) is 122 Å². The molecule has 4 atom stereocenters. The summed E-state index contributed by atoms with van der Waals surface area (Å²) < 4.78 is 0. The summed E-state index contributed by atoms with van der Waals surface area (Å²) in [6.07, 6.45) is 3.44. The molecule has 3 heterocycles. The average Bonchev–Trinajstić information content (AvgIpc) is 3.37. The van der Waals surface area contributed by atoms with Gasteiger partial charge in [0.25, 0.3) is 0 Å². The summed E-state index contributed by atoms with van der Waals surface area (Å²) in [6.45, 7) is 0. The molecule has 1 aromatic rings. The Hall–Kier alpha value is -2.74. The minimum atomic E-state index is -1.35. The van der Waals surface area contributed by atoms with Crippen LogP contribution in [0.1, 0.15) is 37.7 Å². The molecule has 0 radical (unpaired) electrons. The van der Waals surface area contributed by atoms with E-state index in [4.69, 9.17) is 5.73 Å². The number of imide groups is 1. The molecule has 4 N–H and O–H groups in total. The standard InChI is InChI=1S/C20H22N4O4/c21-14(25)9-13-15-16(18(27)24(17(15)26)10-5-1-2-6-10)20(23-13)11-7-3-4-8-12(11)22-19(20)28/h3-4,7-8,10,13,15-16,23H,1-2,5-6,9H2,(H2,21,25)(H,22,28)/t13?,15-,16+,20?/m1/s1. The van der Waals surface area contributed by atoms with Crippen LogP contribution in [0, 0.1) is 11.8 Å². The average molecular weight is 382 g/mol. The summed E-state index contributed by atoms with van der Waals surface area (Å²) in [5.41, 5.74) is 5.35. The van der Waals surface area contributed by atoms with Crippen molar-refractivity contribution >= 4 is 29.3 Å². The second-order valence-electron chi connectivity index (χ2n) is 8.22. The quantitative estimate of drug-likeness (QED) is 0.646. The van der Waals surface area contributed by atoms with Crippen molar-refractivity contribution in [1.82, 2.24) is 10.2 Å². The van der Waals surface area contributed by atoms with Crippen LogP contribution < -0.4 is 16.4 Å². The lowest BCUT2D eigenvalue weighted by Gasteiger charge is -2.31. The fourth-order valence-electron chi connectivity index (χ4n) is 5.69. The molecule has 3 fully saturated rings. The zero-order valence-corrected chi connectivity index (χ0v) is 15.3. The Morgan fingerprint density at radius 1 is 1.14 bits per heavy atom. The number of nitrogens with two attached hydrogens (primary N) is 1. The number of nitrogens with one attached hydrogen (secondary N) is 2.